The van der Waals surface area contributed by atoms with Crippen molar-refractivity contribution in [1.82, 2.24) is 14.8 Å². The molecule has 110 valence electrons. The van der Waals surface area contributed by atoms with Gasteiger partial charge in [0.2, 0.25) is 0 Å². The molecule has 6 heteroatoms. The Labute approximate surface area is 128 Å². The quantitative estimate of drug-likeness (QED) is 0.937. The zero-order chi connectivity index (χ0) is 14.7. The maximum absolute atomic E-state index is 12.3. The van der Waals surface area contributed by atoms with Gasteiger partial charge in [0.15, 0.2) is 0 Å². The highest BCUT2D eigenvalue weighted by atomic mass is 32.1. The van der Waals surface area contributed by atoms with Crippen LogP contribution >= 0.6 is 11.3 Å². The molecule has 5 nitrogen and oxygen atoms in total. The number of nitrogens with two attached hydrogens (primary N) is 1. The van der Waals surface area contributed by atoms with Gasteiger partial charge >= 0.3 is 0 Å². The molecule has 0 saturated carbocycles. The molecule has 1 aliphatic heterocycles. The molecule has 2 aromatic rings. The summed E-state index contributed by atoms with van der Waals surface area (Å²) < 4.78 is 0. The molecular formula is C15H18N4OS. The lowest BCUT2D eigenvalue weighted by Crippen LogP contribution is -2.48. The second kappa shape index (κ2) is 6.24. The van der Waals surface area contributed by atoms with E-state index in [2.05, 4.69) is 27.4 Å². The van der Waals surface area contributed by atoms with Crippen molar-refractivity contribution in [2.24, 2.45) is 0 Å². The highest BCUT2D eigenvalue weighted by Gasteiger charge is 2.22. The smallest absolute Gasteiger partial charge is 0.272 e. The fourth-order valence-corrected chi connectivity index (χ4v) is 3.17. The van der Waals surface area contributed by atoms with E-state index in [1.807, 2.05) is 4.90 Å². The van der Waals surface area contributed by atoms with Crippen LogP contribution in [-0.4, -0.2) is 46.9 Å². The third kappa shape index (κ3) is 3.40. The van der Waals surface area contributed by atoms with Crippen molar-refractivity contribution >= 4 is 22.9 Å². The molecular weight excluding hydrogens is 284 g/mol. The highest BCUT2D eigenvalue weighted by molar-refractivity contribution is 7.09. The summed E-state index contributed by atoms with van der Waals surface area (Å²) in [6.07, 6.45) is 1.53. The minimum absolute atomic E-state index is 0.00854. The fourth-order valence-electron chi connectivity index (χ4n) is 2.43. The van der Waals surface area contributed by atoms with Crippen LogP contribution in [-0.2, 0) is 6.54 Å². The minimum Gasteiger partial charge on any atom is -0.397 e. The summed E-state index contributed by atoms with van der Waals surface area (Å²) in [6.45, 7) is 4.27. The highest BCUT2D eigenvalue weighted by Crippen LogP contribution is 2.14. The van der Waals surface area contributed by atoms with Crippen LogP contribution in [0.4, 0.5) is 5.69 Å². The summed E-state index contributed by atoms with van der Waals surface area (Å²) >= 11 is 1.78. The number of piperazine rings is 1. The van der Waals surface area contributed by atoms with Crippen molar-refractivity contribution < 1.29 is 4.79 Å². The van der Waals surface area contributed by atoms with Crippen LogP contribution in [0.2, 0.25) is 0 Å². The third-order valence-corrected chi connectivity index (χ3v) is 4.49. The number of nitrogens with zero attached hydrogens (tertiary/aromatic N) is 3. The Morgan fingerprint density at radius 1 is 1.24 bits per heavy atom. The van der Waals surface area contributed by atoms with Crippen molar-refractivity contribution in [3.05, 3.63) is 46.4 Å². The van der Waals surface area contributed by atoms with Crippen molar-refractivity contribution in [3.8, 4) is 0 Å². The van der Waals surface area contributed by atoms with Crippen LogP contribution in [0.25, 0.3) is 0 Å². The van der Waals surface area contributed by atoms with Crippen molar-refractivity contribution in [1.29, 1.82) is 0 Å². The molecule has 3 rings (SSSR count). The van der Waals surface area contributed by atoms with Crippen LogP contribution in [0.1, 0.15) is 15.4 Å². The van der Waals surface area contributed by atoms with Crippen molar-refractivity contribution in [3.63, 3.8) is 0 Å². The Morgan fingerprint density at radius 2 is 2.05 bits per heavy atom. The van der Waals surface area contributed by atoms with E-state index in [4.69, 9.17) is 5.73 Å². The van der Waals surface area contributed by atoms with Crippen LogP contribution in [0, 0.1) is 0 Å². The largest absolute Gasteiger partial charge is 0.397 e. The molecule has 1 saturated heterocycles. The number of hydrogen-bond acceptors (Lipinski definition) is 5. The maximum Gasteiger partial charge on any atom is 0.272 e. The second-order valence-electron chi connectivity index (χ2n) is 5.12. The first kappa shape index (κ1) is 14.0. The fraction of sp³-hybridized carbons (Fsp3) is 0.333. The monoisotopic (exact) mass is 302 g/mol. The van der Waals surface area contributed by atoms with Gasteiger partial charge in [-0.3, -0.25) is 9.69 Å². The van der Waals surface area contributed by atoms with E-state index < -0.39 is 0 Å². The summed E-state index contributed by atoms with van der Waals surface area (Å²) in [5.41, 5.74) is 6.64. The molecule has 0 unspecified atom stereocenters. The molecule has 0 radical (unpaired) electrons. The van der Waals surface area contributed by atoms with Gasteiger partial charge in [0.1, 0.15) is 5.69 Å². The predicted molar refractivity (Wildman–Crippen MR) is 84.1 cm³/mol. The molecule has 2 aromatic heterocycles. The zero-order valence-corrected chi connectivity index (χ0v) is 12.6. The van der Waals surface area contributed by atoms with Gasteiger partial charge in [-0.25, -0.2) is 4.98 Å². The Bertz CT molecular complexity index is 589. The summed E-state index contributed by atoms with van der Waals surface area (Å²) in [4.78, 5) is 22.1. The maximum atomic E-state index is 12.3. The average molecular weight is 302 g/mol. The Kier molecular flexibility index (Phi) is 4.17. The van der Waals surface area contributed by atoms with Gasteiger partial charge in [-0.1, -0.05) is 6.07 Å². The number of thiophene rings is 1. The molecule has 1 aliphatic rings. The van der Waals surface area contributed by atoms with Crippen LogP contribution in [0.15, 0.2) is 35.8 Å². The van der Waals surface area contributed by atoms with E-state index in [9.17, 15) is 4.79 Å². The van der Waals surface area contributed by atoms with E-state index in [0.29, 0.717) is 11.4 Å². The summed E-state index contributed by atoms with van der Waals surface area (Å²) in [7, 11) is 0. The molecule has 0 aliphatic carbocycles. The van der Waals surface area contributed by atoms with E-state index in [0.717, 1.165) is 32.7 Å². The van der Waals surface area contributed by atoms with E-state index in [-0.39, 0.29) is 5.91 Å². The first-order chi connectivity index (χ1) is 10.2. The topological polar surface area (TPSA) is 62.5 Å². The van der Waals surface area contributed by atoms with Gasteiger partial charge < -0.3 is 10.6 Å². The van der Waals surface area contributed by atoms with Crippen molar-refractivity contribution in [2.45, 2.75) is 6.54 Å². The van der Waals surface area contributed by atoms with Gasteiger partial charge in [0.05, 0.1) is 11.9 Å². The van der Waals surface area contributed by atoms with Gasteiger partial charge in [-0.05, 0) is 23.6 Å². The van der Waals surface area contributed by atoms with Gasteiger partial charge in [0, 0.05) is 37.6 Å². The number of nitrogen functional groups attached to an aromatic ring is 1. The van der Waals surface area contributed by atoms with E-state index in [1.165, 1.54) is 11.1 Å². The molecule has 0 aromatic carbocycles. The van der Waals surface area contributed by atoms with Crippen LogP contribution in [0.5, 0.6) is 0 Å². The molecule has 0 bridgehead atoms. The lowest BCUT2D eigenvalue weighted by Gasteiger charge is -2.34. The summed E-state index contributed by atoms with van der Waals surface area (Å²) in [5, 5.41) is 2.10. The Morgan fingerprint density at radius 3 is 2.67 bits per heavy atom. The van der Waals surface area contributed by atoms with Gasteiger partial charge in [-0.2, -0.15) is 0 Å². The standard InChI is InChI=1S/C15H18N4OS/c16-12-3-4-14(17-10-12)15(20)19-7-5-18(6-8-19)11-13-2-1-9-21-13/h1-4,9-10H,5-8,11,16H2. The minimum atomic E-state index is -0.00854. The average Bonchev–Trinajstić information content (AvgIpc) is 3.01. The number of amides is 1. The molecule has 2 N–H and O–H groups in total. The predicted octanol–water partition coefficient (Wildman–Crippen LogP) is 1.68. The first-order valence-electron chi connectivity index (χ1n) is 6.98. The molecule has 1 fully saturated rings. The van der Waals surface area contributed by atoms with Crippen LogP contribution in [0.3, 0.4) is 0 Å². The zero-order valence-electron chi connectivity index (χ0n) is 11.7. The summed E-state index contributed by atoms with van der Waals surface area (Å²) in [6, 6.07) is 7.63. The number of rotatable bonds is 3. The second-order valence-corrected chi connectivity index (χ2v) is 6.16. The Balaban J connectivity index is 1.55. The van der Waals surface area contributed by atoms with Gasteiger partial charge in [0.25, 0.3) is 5.91 Å². The molecule has 21 heavy (non-hydrogen) atoms. The van der Waals surface area contributed by atoms with Gasteiger partial charge in [-0.15, -0.1) is 11.3 Å². The van der Waals surface area contributed by atoms with E-state index >= 15 is 0 Å². The first-order valence-corrected chi connectivity index (χ1v) is 7.86. The third-order valence-electron chi connectivity index (χ3n) is 3.62. The van der Waals surface area contributed by atoms with Crippen molar-refractivity contribution in [2.75, 3.05) is 31.9 Å². The normalized spacial score (nSPS) is 16.1. The molecule has 1 amide bonds. The number of carbonyl (C=O) groups is 1. The Hall–Kier alpha value is -1.92. The lowest BCUT2D eigenvalue weighted by molar-refractivity contribution is 0.0624. The number of aromatic nitrogens is 1. The molecule has 0 atom stereocenters. The number of anilines is 1. The molecule has 3 heterocycles. The summed E-state index contributed by atoms with van der Waals surface area (Å²) in [5.74, 6) is -0.00854. The number of pyridine rings is 1. The SMILES string of the molecule is Nc1ccc(C(=O)N2CCN(Cc3cccs3)CC2)nc1. The number of carbonyl (C=O) groups excluding carboxylic acids is 1. The number of hydrogen-bond donors (Lipinski definition) is 1. The van der Waals surface area contributed by atoms with E-state index in [1.54, 1.807) is 23.5 Å². The lowest BCUT2D eigenvalue weighted by atomic mass is 10.2. The molecule has 0 spiro atoms. The van der Waals surface area contributed by atoms with Crippen LogP contribution < -0.4 is 5.73 Å².